The fourth-order valence-electron chi connectivity index (χ4n) is 5.61. The van der Waals surface area contributed by atoms with Gasteiger partial charge in [-0.25, -0.2) is 0 Å². The summed E-state index contributed by atoms with van der Waals surface area (Å²) >= 11 is 0. The molecule has 0 bridgehead atoms. The van der Waals surface area contributed by atoms with Crippen LogP contribution in [0.5, 0.6) is 5.75 Å². The number of hydrogen-bond donors (Lipinski definition) is 0. The van der Waals surface area contributed by atoms with E-state index in [1.165, 1.54) is 69.9 Å². The van der Waals surface area contributed by atoms with Crippen LogP contribution in [0.2, 0.25) is 0 Å². The summed E-state index contributed by atoms with van der Waals surface area (Å²) in [6.07, 6.45) is 7.31. The molecule has 0 saturated heterocycles. The molecular weight excluding hydrogens is 461 g/mol. The van der Waals surface area contributed by atoms with Crippen LogP contribution >= 0.6 is 0 Å². The minimum Gasteiger partial charge on any atom is -0.487 e. The van der Waals surface area contributed by atoms with E-state index in [2.05, 4.69) is 11.7 Å². The van der Waals surface area contributed by atoms with Gasteiger partial charge in [-0.2, -0.15) is 30.7 Å². The van der Waals surface area contributed by atoms with Crippen molar-refractivity contribution in [1.29, 1.82) is 0 Å². The molecular formula is C26H35F7O. The molecule has 0 atom stereocenters. The van der Waals surface area contributed by atoms with Gasteiger partial charge in [0.1, 0.15) is 5.75 Å². The van der Waals surface area contributed by atoms with Gasteiger partial charge in [-0.3, -0.25) is 0 Å². The Bertz CT molecular complexity index is 743. The normalized spacial score (nSPS) is 26.9. The van der Waals surface area contributed by atoms with E-state index in [0.29, 0.717) is 5.92 Å². The van der Waals surface area contributed by atoms with Crippen molar-refractivity contribution in [3.63, 3.8) is 0 Å². The molecule has 0 spiro atoms. The lowest BCUT2D eigenvalue weighted by molar-refractivity contribution is -0.358. The van der Waals surface area contributed by atoms with Gasteiger partial charge < -0.3 is 4.74 Å². The Hall–Kier alpha value is -1.47. The summed E-state index contributed by atoms with van der Waals surface area (Å²) in [5.41, 5.74) is 0.958. The predicted molar refractivity (Wildman–Crippen MR) is 117 cm³/mol. The highest BCUT2D eigenvalue weighted by molar-refractivity contribution is 5.27. The average molecular weight is 497 g/mol. The molecule has 0 amide bonds. The Labute approximate surface area is 197 Å². The SMILES string of the molecule is CC[C@H]1CC[C@H]([C@H]2CC[C@H](CCc3ccc(OCC(F)(F)C(F)(F)C(F)(F)F)cc3)CC2)CC1. The maximum absolute atomic E-state index is 13.4. The third kappa shape index (κ3) is 6.60. The van der Waals surface area contributed by atoms with Crippen LogP contribution in [0.25, 0.3) is 0 Å². The molecule has 0 N–H and O–H groups in total. The van der Waals surface area contributed by atoms with Crippen LogP contribution < -0.4 is 4.74 Å². The molecule has 2 fully saturated rings. The molecule has 8 heteroatoms. The summed E-state index contributed by atoms with van der Waals surface area (Å²) in [5.74, 6) is -8.37. The monoisotopic (exact) mass is 496 g/mol. The summed E-state index contributed by atoms with van der Waals surface area (Å²) in [6, 6.07) is 5.96. The quantitative estimate of drug-likeness (QED) is 0.310. The number of rotatable bonds is 9. The van der Waals surface area contributed by atoms with Gasteiger partial charge in [0.05, 0.1) is 0 Å². The molecule has 0 heterocycles. The first-order chi connectivity index (χ1) is 15.9. The number of ether oxygens (including phenoxy) is 1. The lowest BCUT2D eigenvalue weighted by Gasteiger charge is -2.37. The predicted octanol–water partition coefficient (Wildman–Crippen LogP) is 8.85. The highest BCUT2D eigenvalue weighted by atomic mass is 19.4. The average Bonchev–Trinajstić information content (AvgIpc) is 2.82. The van der Waals surface area contributed by atoms with Crippen LogP contribution in [-0.4, -0.2) is 24.6 Å². The zero-order valence-corrected chi connectivity index (χ0v) is 19.7. The van der Waals surface area contributed by atoms with E-state index in [1.807, 2.05) is 0 Å². The van der Waals surface area contributed by atoms with Crippen molar-refractivity contribution in [2.24, 2.45) is 23.7 Å². The van der Waals surface area contributed by atoms with E-state index in [0.717, 1.165) is 36.2 Å². The molecule has 34 heavy (non-hydrogen) atoms. The Morgan fingerprint density at radius 1 is 0.735 bits per heavy atom. The van der Waals surface area contributed by atoms with Gasteiger partial charge in [-0.1, -0.05) is 51.2 Å². The summed E-state index contributed by atoms with van der Waals surface area (Å²) in [7, 11) is 0. The molecule has 0 aliphatic heterocycles. The Kier molecular flexibility index (Phi) is 8.83. The Morgan fingerprint density at radius 3 is 1.71 bits per heavy atom. The number of alkyl halides is 7. The molecule has 1 aromatic rings. The second-order valence-corrected chi connectivity index (χ2v) is 10.2. The second kappa shape index (κ2) is 11.1. The second-order valence-electron chi connectivity index (χ2n) is 10.2. The molecule has 1 nitrogen and oxygen atoms in total. The van der Waals surface area contributed by atoms with Crippen molar-refractivity contribution in [2.45, 2.75) is 95.6 Å². The van der Waals surface area contributed by atoms with E-state index in [4.69, 9.17) is 0 Å². The largest absolute Gasteiger partial charge is 0.487 e. The molecule has 0 radical (unpaired) electrons. The third-order valence-corrected chi connectivity index (χ3v) is 8.03. The van der Waals surface area contributed by atoms with Gasteiger partial charge in [-0.15, -0.1) is 0 Å². The summed E-state index contributed by atoms with van der Waals surface area (Å²) in [6.45, 7) is 0.233. The first-order valence-corrected chi connectivity index (χ1v) is 12.5. The molecule has 0 unspecified atom stereocenters. The Morgan fingerprint density at radius 2 is 1.24 bits per heavy atom. The third-order valence-electron chi connectivity index (χ3n) is 8.03. The van der Waals surface area contributed by atoms with Gasteiger partial charge >= 0.3 is 18.0 Å². The maximum atomic E-state index is 13.4. The summed E-state index contributed by atoms with van der Waals surface area (Å²) in [4.78, 5) is 0. The minimum atomic E-state index is -6.35. The maximum Gasteiger partial charge on any atom is 0.460 e. The van der Waals surface area contributed by atoms with Crippen molar-refractivity contribution in [3.05, 3.63) is 29.8 Å². The first-order valence-electron chi connectivity index (χ1n) is 12.5. The van der Waals surface area contributed by atoms with Gasteiger partial charge in [0.15, 0.2) is 6.61 Å². The van der Waals surface area contributed by atoms with Crippen molar-refractivity contribution >= 4 is 0 Å². The van der Waals surface area contributed by atoms with Crippen LogP contribution in [0.15, 0.2) is 24.3 Å². The van der Waals surface area contributed by atoms with Crippen LogP contribution in [-0.2, 0) is 6.42 Å². The fraction of sp³-hybridized carbons (Fsp3) is 0.769. The topological polar surface area (TPSA) is 9.23 Å². The molecule has 1 aromatic carbocycles. The minimum absolute atomic E-state index is 0.167. The highest BCUT2D eigenvalue weighted by Crippen LogP contribution is 2.46. The van der Waals surface area contributed by atoms with E-state index >= 15 is 0 Å². The van der Waals surface area contributed by atoms with Crippen molar-refractivity contribution in [2.75, 3.05) is 6.61 Å². The van der Waals surface area contributed by atoms with Crippen molar-refractivity contribution in [3.8, 4) is 5.75 Å². The zero-order valence-electron chi connectivity index (χ0n) is 19.7. The lowest BCUT2D eigenvalue weighted by atomic mass is 9.68. The van der Waals surface area contributed by atoms with Crippen LogP contribution in [0.4, 0.5) is 30.7 Å². The first kappa shape index (κ1) is 27.1. The Balaban J connectivity index is 1.39. The molecule has 2 saturated carbocycles. The standard InChI is InChI=1S/C26H35F7O/c1-2-18-5-11-21(12-6-18)22-13-7-19(8-14-22)3-4-20-9-15-23(16-10-20)34-17-24(27,28)25(29,30)26(31,32)33/h9-10,15-16,18-19,21-22H,2-8,11-14,17H2,1H3/t18-,19-,21-,22-. The lowest BCUT2D eigenvalue weighted by Crippen LogP contribution is -2.54. The molecule has 194 valence electrons. The number of benzene rings is 1. The van der Waals surface area contributed by atoms with Gasteiger partial charge in [0.2, 0.25) is 0 Å². The van der Waals surface area contributed by atoms with Gasteiger partial charge in [0.25, 0.3) is 0 Å². The van der Waals surface area contributed by atoms with Gasteiger partial charge in [-0.05, 0) is 79.9 Å². The van der Waals surface area contributed by atoms with Gasteiger partial charge in [0, 0.05) is 0 Å². The molecule has 0 aromatic heterocycles. The molecule has 2 aliphatic rings. The number of halogens is 7. The number of hydrogen-bond acceptors (Lipinski definition) is 1. The smallest absolute Gasteiger partial charge is 0.460 e. The van der Waals surface area contributed by atoms with Crippen molar-refractivity contribution in [1.82, 2.24) is 0 Å². The summed E-state index contributed by atoms with van der Waals surface area (Å²) < 4.78 is 93.8. The van der Waals surface area contributed by atoms with E-state index < -0.39 is 24.6 Å². The van der Waals surface area contributed by atoms with Crippen LogP contribution in [0.1, 0.15) is 76.7 Å². The zero-order chi connectivity index (χ0) is 25.0. The van der Waals surface area contributed by atoms with E-state index in [1.54, 1.807) is 12.1 Å². The fourth-order valence-corrected chi connectivity index (χ4v) is 5.61. The highest BCUT2D eigenvalue weighted by Gasteiger charge is 2.73. The van der Waals surface area contributed by atoms with E-state index in [-0.39, 0.29) is 5.75 Å². The van der Waals surface area contributed by atoms with Crippen LogP contribution in [0.3, 0.4) is 0 Å². The summed E-state index contributed by atoms with van der Waals surface area (Å²) in [5, 5.41) is 0. The van der Waals surface area contributed by atoms with Crippen molar-refractivity contribution < 1.29 is 35.5 Å². The molecule has 3 rings (SSSR count). The molecule has 2 aliphatic carbocycles. The number of aryl methyl sites for hydroxylation is 1. The van der Waals surface area contributed by atoms with E-state index in [9.17, 15) is 30.7 Å². The van der Waals surface area contributed by atoms with Crippen LogP contribution in [0, 0.1) is 23.7 Å².